The van der Waals surface area contributed by atoms with E-state index in [-0.39, 0.29) is 5.57 Å². The highest BCUT2D eigenvalue weighted by Crippen LogP contribution is 2.24. The number of nitriles is 1. The van der Waals surface area contributed by atoms with Crippen molar-refractivity contribution >= 4 is 44.9 Å². The summed E-state index contributed by atoms with van der Waals surface area (Å²) in [5.41, 5.74) is 1.97. The van der Waals surface area contributed by atoms with Gasteiger partial charge < -0.3 is 5.32 Å². The van der Waals surface area contributed by atoms with Gasteiger partial charge in [0, 0.05) is 10.6 Å². The highest BCUT2D eigenvalue weighted by molar-refractivity contribution is 9.11. The van der Waals surface area contributed by atoms with Crippen molar-refractivity contribution < 1.29 is 4.79 Å². The SMILES string of the molecule is CCc1ccc(NC(=O)/C(C#N)=C/c2ccc(Br)s2)cc1. The van der Waals surface area contributed by atoms with Gasteiger partial charge in [-0.2, -0.15) is 5.26 Å². The first kappa shape index (κ1) is 15.5. The summed E-state index contributed by atoms with van der Waals surface area (Å²) in [7, 11) is 0. The van der Waals surface area contributed by atoms with E-state index in [0.29, 0.717) is 5.69 Å². The molecule has 1 aromatic heterocycles. The Hall–Kier alpha value is -1.90. The fraction of sp³-hybridized carbons (Fsp3) is 0.125. The second kappa shape index (κ2) is 7.21. The third kappa shape index (κ3) is 4.28. The molecule has 0 bridgehead atoms. The minimum atomic E-state index is -0.397. The van der Waals surface area contributed by atoms with Crippen LogP contribution in [0, 0.1) is 11.3 Å². The second-order valence-corrected chi connectivity index (χ2v) is 6.81. The minimum absolute atomic E-state index is 0.0870. The van der Waals surface area contributed by atoms with Crippen LogP contribution < -0.4 is 5.32 Å². The Labute approximate surface area is 136 Å². The number of amides is 1. The molecule has 0 fully saturated rings. The number of anilines is 1. The standard InChI is InChI=1S/C16H13BrN2OS/c1-2-11-3-5-13(6-4-11)19-16(20)12(10-18)9-14-7-8-15(17)21-14/h3-9H,2H2,1H3,(H,19,20)/b12-9+. The molecule has 0 aliphatic heterocycles. The second-order valence-electron chi connectivity index (χ2n) is 4.32. The van der Waals surface area contributed by atoms with Crippen LogP contribution in [0.4, 0.5) is 5.69 Å². The number of halogens is 1. The highest BCUT2D eigenvalue weighted by atomic mass is 79.9. The first-order chi connectivity index (χ1) is 10.1. The Kier molecular flexibility index (Phi) is 5.32. The summed E-state index contributed by atoms with van der Waals surface area (Å²) in [6, 6.07) is 13.3. The Balaban J connectivity index is 2.13. The van der Waals surface area contributed by atoms with Crippen LogP contribution in [0.3, 0.4) is 0 Å². The van der Waals surface area contributed by atoms with Crippen LogP contribution in [0.2, 0.25) is 0 Å². The van der Waals surface area contributed by atoms with Crippen LogP contribution >= 0.6 is 27.3 Å². The molecule has 0 atom stereocenters. The average molecular weight is 361 g/mol. The van der Waals surface area contributed by atoms with E-state index in [1.165, 1.54) is 16.9 Å². The molecule has 0 radical (unpaired) electrons. The Morgan fingerprint density at radius 1 is 1.33 bits per heavy atom. The zero-order valence-corrected chi connectivity index (χ0v) is 13.8. The molecule has 2 rings (SSSR count). The van der Waals surface area contributed by atoms with E-state index in [1.54, 1.807) is 6.08 Å². The van der Waals surface area contributed by atoms with Gasteiger partial charge in [0.15, 0.2) is 0 Å². The van der Waals surface area contributed by atoms with Crippen LogP contribution in [0.1, 0.15) is 17.4 Å². The number of thiophene rings is 1. The average Bonchev–Trinajstić information content (AvgIpc) is 2.90. The van der Waals surface area contributed by atoms with E-state index in [1.807, 2.05) is 42.5 Å². The van der Waals surface area contributed by atoms with Crippen LogP contribution in [-0.4, -0.2) is 5.91 Å². The monoisotopic (exact) mass is 360 g/mol. The van der Waals surface area contributed by atoms with Gasteiger partial charge in [0.2, 0.25) is 0 Å². The number of carbonyl (C=O) groups is 1. The lowest BCUT2D eigenvalue weighted by Crippen LogP contribution is -2.13. The molecule has 106 valence electrons. The van der Waals surface area contributed by atoms with E-state index in [0.717, 1.165) is 15.1 Å². The molecule has 21 heavy (non-hydrogen) atoms. The number of hydrogen-bond acceptors (Lipinski definition) is 3. The molecular formula is C16H13BrN2OS. The van der Waals surface area contributed by atoms with E-state index in [2.05, 4.69) is 28.2 Å². The molecule has 0 aliphatic carbocycles. The predicted octanol–water partition coefficient (Wildman–Crippen LogP) is 4.62. The third-order valence-corrected chi connectivity index (χ3v) is 4.44. The summed E-state index contributed by atoms with van der Waals surface area (Å²) in [6.45, 7) is 2.07. The molecule has 0 saturated carbocycles. The fourth-order valence-corrected chi connectivity index (χ4v) is 3.09. The maximum atomic E-state index is 12.1. The molecule has 0 saturated heterocycles. The lowest BCUT2D eigenvalue weighted by molar-refractivity contribution is -0.112. The van der Waals surface area contributed by atoms with Gasteiger partial charge in [-0.3, -0.25) is 4.79 Å². The van der Waals surface area contributed by atoms with Crippen molar-refractivity contribution in [2.75, 3.05) is 5.32 Å². The van der Waals surface area contributed by atoms with Gasteiger partial charge in [0.25, 0.3) is 5.91 Å². The molecule has 1 aromatic carbocycles. The Bertz CT molecular complexity index is 711. The maximum absolute atomic E-state index is 12.1. The number of nitrogens with one attached hydrogen (secondary N) is 1. The van der Waals surface area contributed by atoms with Crippen molar-refractivity contribution in [3.63, 3.8) is 0 Å². The molecular weight excluding hydrogens is 348 g/mol. The van der Waals surface area contributed by atoms with Gasteiger partial charge in [-0.05, 0) is 58.3 Å². The molecule has 0 unspecified atom stereocenters. The summed E-state index contributed by atoms with van der Waals surface area (Å²) in [4.78, 5) is 13.0. The van der Waals surface area contributed by atoms with Gasteiger partial charge in [0.1, 0.15) is 11.6 Å². The van der Waals surface area contributed by atoms with Gasteiger partial charge >= 0.3 is 0 Å². The van der Waals surface area contributed by atoms with E-state index in [9.17, 15) is 4.79 Å². The third-order valence-electron chi connectivity index (χ3n) is 2.87. The Morgan fingerprint density at radius 3 is 2.57 bits per heavy atom. The van der Waals surface area contributed by atoms with Crippen molar-refractivity contribution in [3.8, 4) is 6.07 Å². The summed E-state index contributed by atoms with van der Waals surface area (Å²) in [5.74, 6) is -0.397. The van der Waals surface area contributed by atoms with E-state index < -0.39 is 5.91 Å². The van der Waals surface area contributed by atoms with E-state index >= 15 is 0 Å². The largest absolute Gasteiger partial charge is 0.321 e. The van der Waals surface area contributed by atoms with Crippen LogP contribution in [0.15, 0.2) is 45.8 Å². The summed E-state index contributed by atoms with van der Waals surface area (Å²) < 4.78 is 0.960. The lowest BCUT2D eigenvalue weighted by atomic mass is 10.1. The van der Waals surface area contributed by atoms with Crippen molar-refractivity contribution in [1.82, 2.24) is 0 Å². The molecule has 0 spiro atoms. The zero-order chi connectivity index (χ0) is 15.2. The van der Waals surface area contributed by atoms with Crippen LogP contribution in [0.25, 0.3) is 6.08 Å². The van der Waals surface area contributed by atoms with Crippen molar-refractivity contribution in [2.45, 2.75) is 13.3 Å². The normalized spacial score (nSPS) is 11.0. The Morgan fingerprint density at radius 2 is 2.05 bits per heavy atom. The van der Waals surface area contributed by atoms with Crippen molar-refractivity contribution in [3.05, 3.63) is 56.2 Å². The van der Waals surface area contributed by atoms with Crippen LogP contribution in [0.5, 0.6) is 0 Å². The number of hydrogen-bond donors (Lipinski definition) is 1. The van der Waals surface area contributed by atoms with Gasteiger partial charge in [-0.25, -0.2) is 0 Å². The number of benzene rings is 1. The molecule has 1 heterocycles. The number of rotatable bonds is 4. The van der Waals surface area contributed by atoms with E-state index in [4.69, 9.17) is 5.26 Å². The topological polar surface area (TPSA) is 52.9 Å². The highest BCUT2D eigenvalue weighted by Gasteiger charge is 2.10. The lowest BCUT2D eigenvalue weighted by Gasteiger charge is -2.05. The maximum Gasteiger partial charge on any atom is 0.266 e. The van der Waals surface area contributed by atoms with Gasteiger partial charge in [-0.15, -0.1) is 11.3 Å². The number of aryl methyl sites for hydroxylation is 1. The van der Waals surface area contributed by atoms with Crippen molar-refractivity contribution in [1.29, 1.82) is 5.26 Å². The first-order valence-corrected chi connectivity index (χ1v) is 8.00. The quantitative estimate of drug-likeness (QED) is 0.638. The predicted molar refractivity (Wildman–Crippen MR) is 90.1 cm³/mol. The van der Waals surface area contributed by atoms with Gasteiger partial charge in [-0.1, -0.05) is 19.1 Å². The zero-order valence-electron chi connectivity index (χ0n) is 11.4. The number of carbonyl (C=O) groups excluding carboxylic acids is 1. The van der Waals surface area contributed by atoms with Crippen LogP contribution in [-0.2, 0) is 11.2 Å². The summed E-state index contributed by atoms with van der Waals surface area (Å²) in [6.07, 6.45) is 2.54. The first-order valence-electron chi connectivity index (χ1n) is 6.40. The van der Waals surface area contributed by atoms with Crippen molar-refractivity contribution in [2.24, 2.45) is 0 Å². The molecule has 2 aromatic rings. The summed E-state index contributed by atoms with van der Waals surface area (Å²) in [5, 5.41) is 11.9. The minimum Gasteiger partial charge on any atom is -0.321 e. The molecule has 1 amide bonds. The summed E-state index contributed by atoms with van der Waals surface area (Å²) >= 11 is 4.82. The molecule has 1 N–H and O–H groups in total. The molecule has 0 aliphatic rings. The van der Waals surface area contributed by atoms with Gasteiger partial charge in [0.05, 0.1) is 3.79 Å². The molecule has 3 nitrogen and oxygen atoms in total. The smallest absolute Gasteiger partial charge is 0.266 e. The molecule has 5 heteroatoms. The fourth-order valence-electron chi connectivity index (χ4n) is 1.72. The number of nitrogens with zero attached hydrogens (tertiary/aromatic N) is 1.